The molecule has 1 aromatic heterocycles. The van der Waals surface area contributed by atoms with Gasteiger partial charge in [0, 0.05) is 22.6 Å². The Balaban J connectivity index is 1.84. The molecule has 138 valence electrons. The van der Waals surface area contributed by atoms with Crippen molar-refractivity contribution < 1.29 is 9.18 Å². The van der Waals surface area contributed by atoms with Gasteiger partial charge < -0.3 is 4.57 Å². The van der Waals surface area contributed by atoms with Crippen LogP contribution in [0.25, 0.3) is 5.69 Å². The molecule has 0 fully saturated rings. The molecule has 0 aliphatic heterocycles. The van der Waals surface area contributed by atoms with Gasteiger partial charge in [-0.1, -0.05) is 37.3 Å². The molecule has 1 heterocycles. The molecule has 0 aliphatic rings. The summed E-state index contributed by atoms with van der Waals surface area (Å²) in [4.78, 5) is 12.0. The van der Waals surface area contributed by atoms with E-state index in [2.05, 4.69) is 34.2 Å². The molecule has 27 heavy (non-hydrogen) atoms. The summed E-state index contributed by atoms with van der Waals surface area (Å²) >= 11 is 0. The Morgan fingerprint density at radius 3 is 2.59 bits per heavy atom. The van der Waals surface area contributed by atoms with Gasteiger partial charge in [0.05, 0.1) is 11.8 Å². The molecular formula is C22H22FN3O. The maximum atomic E-state index is 13.7. The lowest BCUT2D eigenvalue weighted by Gasteiger charge is -2.13. The molecule has 0 bridgehead atoms. The van der Waals surface area contributed by atoms with Gasteiger partial charge >= 0.3 is 0 Å². The Kier molecular flexibility index (Phi) is 5.50. The summed E-state index contributed by atoms with van der Waals surface area (Å²) in [5, 5.41) is 4.01. The second-order valence-electron chi connectivity index (χ2n) is 6.32. The average molecular weight is 363 g/mol. The normalized spacial score (nSPS) is 11.1. The zero-order valence-electron chi connectivity index (χ0n) is 15.7. The van der Waals surface area contributed by atoms with Gasteiger partial charge in [-0.15, -0.1) is 0 Å². The number of carbonyl (C=O) groups excluding carboxylic acids is 1. The van der Waals surface area contributed by atoms with Crippen molar-refractivity contribution in [3.05, 3.63) is 88.5 Å². The van der Waals surface area contributed by atoms with Gasteiger partial charge in [-0.2, -0.15) is 5.10 Å². The van der Waals surface area contributed by atoms with Crippen LogP contribution in [0.4, 0.5) is 4.39 Å². The number of benzene rings is 2. The molecule has 0 unspecified atom stereocenters. The van der Waals surface area contributed by atoms with Crippen molar-refractivity contribution in [1.29, 1.82) is 0 Å². The zero-order chi connectivity index (χ0) is 19.4. The van der Waals surface area contributed by atoms with Crippen molar-refractivity contribution in [1.82, 2.24) is 9.99 Å². The van der Waals surface area contributed by atoms with Crippen LogP contribution < -0.4 is 5.43 Å². The van der Waals surface area contributed by atoms with Crippen LogP contribution in [0.2, 0.25) is 0 Å². The Morgan fingerprint density at radius 1 is 1.15 bits per heavy atom. The molecule has 0 spiro atoms. The topological polar surface area (TPSA) is 46.4 Å². The lowest BCUT2D eigenvalue weighted by atomic mass is 10.1. The number of nitrogens with one attached hydrogen (secondary N) is 1. The molecule has 5 heteroatoms. The highest BCUT2D eigenvalue weighted by atomic mass is 19.1. The van der Waals surface area contributed by atoms with Crippen LogP contribution in [0.3, 0.4) is 0 Å². The lowest BCUT2D eigenvalue weighted by Crippen LogP contribution is -2.19. The van der Waals surface area contributed by atoms with E-state index in [1.807, 2.05) is 32.0 Å². The molecule has 1 N–H and O–H groups in total. The highest BCUT2D eigenvalue weighted by Gasteiger charge is 2.12. The van der Waals surface area contributed by atoms with E-state index in [4.69, 9.17) is 0 Å². The van der Waals surface area contributed by atoms with E-state index >= 15 is 0 Å². The maximum absolute atomic E-state index is 13.7. The van der Waals surface area contributed by atoms with E-state index < -0.39 is 11.7 Å². The number of aromatic nitrogens is 1. The van der Waals surface area contributed by atoms with Crippen LogP contribution in [0.15, 0.2) is 59.7 Å². The number of nitrogens with zero attached hydrogens (tertiary/aromatic N) is 2. The van der Waals surface area contributed by atoms with Crippen LogP contribution in [-0.4, -0.2) is 16.7 Å². The van der Waals surface area contributed by atoms with Gasteiger partial charge in [-0.3, -0.25) is 4.79 Å². The summed E-state index contributed by atoms with van der Waals surface area (Å²) in [5.74, 6) is -1.14. The van der Waals surface area contributed by atoms with Gasteiger partial charge in [0.2, 0.25) is 0 Å². The summed E-state index contributed by atoms with van der Waals surface area (Å²) < 4.78 is 15.8. The van der Waals surface area contributed by atoms with Crippen molar-refractivity contribution in [2.24, 2.45) is 5.10 Å². The monoisotopic (exact) mass is 363 g/mol. The Labute approximate surface area is 158 Å². The molecule has 3 rings (SSSR count). The molecule has 0 aliphatic carbocycles. The lowest BCUT2D eigenvalue weighted by molar-refractivity contribution is 0.0951. The third kappa shape index (κ3) is 3.82. The minimum absolute atomic E-state index is 0.0306. The SMILES string of the molecule is CCc1ccccc1-n1c(C)cc(/C=N\NC(=O)c2ccccc2F)c1C. The third-order valence-corrected chi connectivity index (χ3v) is 4.57. The van der Waals surface area contributed by atoms with Gasteiger partial charge in [0.15, 0.2) is 0 Å². The molecular weight excluding hydrogens is 341 g/mol. The average Bonchev–Trinajstić information content (AvgIpc) is 2.95. The van der Waals surface area contributed by atoms with Crippen LogP contribution in [0.1, 0.15) is 39.8 Å². The summed E-state index contributed by atoms with van der Waals surface area (Å²) in [6, 6.07) is 16.1. The largest absolute Gasteiger partial charge is 0.318 e. The molecule has 1 amide bonds. The summed E-state index contributed by atoms with van der Waals surface area (Å²) in [5.41, 5.74) is 7.76. The number of hydrazone groups is 1. The van der Waals surface area contributed by atoms with E-state index in [1.54, 1.807) is 18.3 Å². The van der Waals surface area contributed by atoms with Crippen LogP contribution in [0.5, 0.6) is 0 Å². The predicted molar refractivity (Wildman–Crippen MR) is 106 cm³/mol. The number of para-hydroxylation sites is 1. The van der Waals surface area contributed by atoms with Crippen molar-refractivity contribution in [3.8, 4) is 5.69 Å². The van der Waals surface area contributed by atoms with Gasteiger partial charge in [-0.25, -0.2) is 9.82 Å². The van der Waals surface area contributed by atoms with Crippen molar-refractivity contribution >= 4 is 12.1 Å². The first-order valence-electron chi connectivity index (χ1n) is 8.88. The molecule has 0 saturated carbocycles. The number of halogens is 1. The van der Waals surface area contributed by atoms with Crippen LogP contribution in [0, 0.1) is 19.7 Å². The van der Waals surface area contributed by atoms with Crippen LogP contribution >= 0.6 is 0 Å². The van der Waals surface area contributed by atoms with Crippen LogP contribution in [-0.2, 0) is 6.42 Å². The third-order valence-electron chi connectivity index (χ3n) is 4.57. The number of carbonyl (C=O) groups is 1. The fourth-order valence-electron chi connectivity index (χ4n) is 3.18. The van der Waals surface area contributed by atoms with Crippen molar-refractivity contribution in [2.45, 2.75) is 27.2 Å². The first kappa shape index (κ1) is 18.6. The highest BCUT2D eigenvalue weighted by Crippen LogP contribution is 2.23. The Bertz CT molecular complexity index is 1000. The van der Waals surface area contributed by atoms with Gasteiger partial charge in [0.25, 0.3) is 5.91 Å². The van der Waals surface area contributed by atoms with Crippen molar-refractivity contribution in [2.75, 3.05) is 0 Å². The fourth-order valence-corrected chi connectivity index (χ4v) is 3.18. The van der Waals surface area contributed by atoms with E-state index in [-0.39, 0.29) is 5.56 Å². The zero-order valence-corrected chi connectivity index (χ0v) is 15.7. The Morgan fingerprint density at radius 2 is 1.85 bits per heavy atom. The van der Waals surface area contributed by atoms with E-state index in [0.29, 0.717) is 0 Å². The molecule has 0 atom stereocenters. The summed E-state index contributed by atoms with van der Waals surface area (Å²) in [6.45, 7) is 6.18. The first-order valence-corrected chi connectivity index (χ1v) is 8.88. The minimum Gasteiger partial charge on any atom is -0.318 e. The molecule has 2 aromatic carbocycles. The number of aryl methyl sites for hydroxylation is 2. The van der Waals surface area contributed by atoms with Crippen molar-refractivity contribution in [3.63, 3.8) is 0 Å². The number of hydrogen-bond acceptors (Lipinski definition) is 2. The number of hydrogen-bond donors (Lipinski definition) is 1. The standard InChI is InChI=1S/C22H22FN3O/c1-4-17-9-5-8-12-21(17)26-15(2)13-18(16(26)3)14-24-25-22(27)19-10-6-7-11-20(19)23/h5-14H,4H2,1-3H3,(H,25,27)/b24-14-. The minimum atomic E-state index is -0.575. The van der Waals surface area contributed by atoms with Gasteiger partial charge in [-0.05, 0) is 50.1 Å². The van der Waals surface area contributed by atoms with E-state index in [1.165, 1.54) is 17.7 Å². The maximum Gasteiger partial charge on any atom is 0.274 e. The molecule has 4 nitrogen and oxygen atoms in total. The molecule has 0 saturated heterocycles. The molecule has 0 radical (unpaired) electrons. The first-order chi connectivity index (χ1) is 13.0. The smallest absolute Gasteiger partial charge is 0.274 e. The second kappa shape index (κ2) is 7.99. The second-order valence-corrected chi connectivity index (χ2v) is 6.32. The van der Waals surface area contributed by atoms with Gasteiger partial charge in [0.1, 0.15) is 5.82 Å². The quantitative estimate of drug-likeness (QED) is 0.524. The highest BCUT2D eigenvalue weighted by molar-refractivity contribution is 5.95. The predicted octanol–water partition coefficient (Wildman–Crippen LogP) is 4.56. The fraction of sp³-hybridized carbons (Fsp3) is 0.182. The summed E-state index contributed by atoms with van der Waals surface area (Å²) in [6.07, 6.45) is 2.53. The van der Waals surface area contributed by atoms with E-state index in [9.17, 15) is 9.18 Å². The van der Waals surface area contributed by atoms with E-state index in [0.717, 1.165) is 29.1 Å². The number of amides is 1. The Hall–Kier alpha value is -3.21. The molecule has 3 aromatic rings. The number of rotatable bonds is 5. The summed E-state index contributed by atoms with van der Waals surface area (Å²) in [7, 11) is 0.